The summed E-state index contributed by atoms with van der Waals surface area (Å²) in [7, 11) is 0. The van der Waals surface area contributed by atoms with Gasteiger partial charge < -0.3 is 14.8 Å². The average molecular weight is 327 g/mol. The molecule has 0 fully saturated rings. The van der Waals surface area contributed by atoms with Crippen LogP contribution in [0.1, 0.15) is 31.1 Å². The van der Waals surface area contributed by atoms with Gasteiger partial charge in [-0.3, -0.25) is 9.59 Å². The number of ether oxygens (including phenoxy) is 2. The number of ketones is 1. The van der Waals surface area contributed by atoms with Crippen LogP contribution in [0.3, 0.4) is 0 Å². The molecule has 126 valence electrons. The molecule has 0 radical (unpaired) electrons. The summed E-state index contributed by atoms with van der Waals surface area (Å²) in [5, 5.41) is 2.75. The van der Waals surface area contributed by atoms with Crippen LogP contribution in [0.2, 0.25) is 0 Å². The zero-order valence-electron chi connectivity index (χ0n) is 14.0. The van der Waals surface area contributed by atoms with Crippen LogP contribution >= 0.6 is 0 Å². The number of carbonyl (C=O) groups is 2. The van der Waals surface area contributed by atoms with Crippen LogP contribution in [-0.4, -0.2) is 24.4 Å². The van der Waals surface area contributed by atoms with Crippen LogP contribution in [0, 0.1) is 0 Å². The molecule has 5 heteroatoms. The van der Waals surface area contributed by atoms with E-state index in [1.165, 1.54) is 6.92 Å². The Bertz CT molecular complexity index is 727. The van der Waals surface area contributed by atoms with Gasteiger partial charge in [0, 0.05) is 11.3 Å². The minimum absolute atomic E-state index is 0.0546. The fourth-order valence-corrected chi connectivity index (χ4v) is 2.13. The number of Topliss-reactive ketones (excluding diaryl/α,β-unsaturated/α-hetero) is 1. The Kier molecular flexibility index (Phi) is 5.95. The maximum absolute atomic E-state index is 12.3. The Morgan fingerprint density at radius 1 is 1.08 bits per heavy atom. The van der Waals surface area contributed by atoms with E-state index >= 15 is 0 Å². The van der Waals surface area contributed by atoms with Crippen molar-refractivity contribution >= 4 is 17.4 Å². The molecule has 5 nitrogen and oxygen atoms in total. The van der Waals surface area contributed by atoms with E-state index in [1.54, 1.807) is 43.3 Å². The van der Waals surface area contributed by atoms with Gasteiger partial charge in [-0.15, -0.1) is 0 Å². The van der Waals surface area contributed by atoms with Crippen LogP contribution < -0.4 is 14.8 Å². The van der Waals surface area contributed by atoms with E-state index < -0.39 is 6.10 Å². The number of carbonyl (C=O) groups excluding carboxylic acids is 2. The van der Waals surface area contributed by atoms with Gasteiger partial charge in [-0.1, -0.05) is 24.3 Å². The molecule has 1 atom stereocenters. The molecule has 2 aromatic rings. The Labute approximate surface area is 141 Å². The molecule has 0 saturated heterocycles. The summed E-state index contributed by atoms with van der Waals surface area (Å²) in [4.78, 5) is 23.7. The lowest BCUT2D eigenvalue weighted by atomic mass is 10.1. The van der Waals surface area contributed by atoms with Gasteiger partial charge in [0.15, 0.2) is 23.4 Å². The Morgan fingerprint density at radius 2 is 1.79 bits per heavy atom. The van der Waals surface area contributed by atoms with Crippen molar-refractivity contribution in [3.05, 3.63) is 54.1 Å². The summed E-state index contributed by atoms with van der Waals surface area (Å²) in [6, 6.07) is 14.0. The normalized spacial score (nSPS) is 11.5. The quantitative estimate of drug-likeness (QED) is 0.788. The summed E-state index contributed by atoms with van der Waals surface area (Å²) in [6.45, 7) is 5.54. The highest BCUT2D eigenvalue weighted by Gasteiger charge is 2.17. The Balaban J connectivity index is 2.05. The highest BCUT2D eigenvalue weighted by Crippen LogP contribution is 2.27. The van der Waals surface area contributed by atoms with Crippen molar-refractivity contribution in [2.45, 2.75) is 26.9 Å². The second-order valence-corrected chi connectivity index (χ2v) is 5.27. The Morgan fingerprint density at radius 3 is 2.46 bits per heavy atom. The molecule has 0 bridgehead atoms. The van der Waals surface area contributed by atoms with Gasteiger partial charge in [-0.25, -0.2) is 0 Å². The molecule has 0 aliphatic heterocycles. The lowest BCUT2D eigenvalue weighted by molar-refractivity contribution is -0.122. The molecule has 0 aliphatic rings. The first-order valence-corrected chi connectivity index (χ1v) is 7.81. The molecule has 0 unspecified atom stereocenters. The van der Waals surface area contributed by atoms with Gasteiger partial charge in [0.05, 0.1) is 6.61 Å². The third-order valence-corrected chi connectivity index (χ3v) is 3.36. The number of anilines is 1. The highest BCUT2D eigenvalue weighted by atomic mass is 16.5. The van der Waals surface area contributed by atoms with E-state index in [1.807, 2.05) is 19.1 Å². The molecule has 24 heavy (non-hydrogen) atoms. The standard InChI is InChI=1S/C19H21NO4/c1-4-23-17-10-5-6-11-18(17)24-14(3)19(22)20-16-9-7-8-15(12-16)13(2)21/h5-12,14H,4H2,1-3H3,(H,20,22)/t14-/m0/s1. The van der Waals surface area contributed by atoms with E-state index in [2.05, 4.69) is 5.32 Å². The van der Waals surface area contributed by atoms with E-state index in [9.17, 15) is 9.59 Å². The van der Waals surface area contributed by atoms with Crippen molar-refractivity contribution in [2.24, 2.45) is 0 Å². The summed E-state index contributed by atoms with van der Waals surface area (Å²) in [5.74, 6) is 0.751. The third-order valence-electron chi connectivity index (χ3n) is 3.36. The largest absolute Gasteiger partial charge is 0.490 e. The van der Waals surface area contributed by atoms with Crippen LogP contribution in [0.4, 0.5) is 5.69 Å². The third kappa shape index (κ3) is 4.59. The fraction of sp³-hybridized carbons (Fsp3) is 0.263. The summed E-state index contributed by atoms with van der Waals surface area (Å²) in [5.41, 5.74) is 1.10. The highest BCUT2D eigenvalue weighted by molar-refractivity contribution is 5.98. The SMILES string of the molecule is CCOc1ccccc1O[C@@H](C)C(=O)Nc1cccc(C(C)=O)c1. The second kappa shape index (κ2) is 8.15. The van der Waals surface area contributed by atoms with Crippen molar-refractivity contribution < 1.29 is 19.1 Å². The van der Waals surface area contributed by atoms with Crippen molar-refractivity contribution in [1.29, 1.82) is 0 Å². The molecular formula is C19H21NO4. The maximum Gasteiger partial charge on any atom is 0.265 e. The molecule has 0 saturated carbocycles. The van der Waals surface area contributed by atoms with Crippen LogP contribution in [-0.2, 0) is 4.79 Å². The molecule has 0 aromatic heterocycles. The number of hydrogen-bond donors (Lipinski definition) is 1. The summed E-state index contributed by atoms with van der Waals surface area (Å²) >= 11 is 0. The van der Waals surface area contributed by atoms with Gasteiger partial charge in [0.1, 0.15) is 0 Å². The number of rotatable bonds is 7. The monoisotopic (exact) mass is 327 g/mol. The summed E-state index contributed by atoms with van der Waals surface area (Å²) in [6.07, 6.45) is -0.715. The van der Waals surface area contributed by atoms with Crippen LogP contribution in [0.25, 0.3) is 0 Å². The predicted octanol–water partition coefficient (Wildman–Crippen LogP) is 3.69. The number of hydrogen-bond acceptors (Lipinski definition) is 4. The second-order valence-electron chi connectivity index (χ2n) is 5.27. The molecule has 2 aromatic carbocycles. The molecular weight excluding hydrogens is 306 g/mol. The van der Waals surface area contributed by atoms with Crippen molar-refractivity contribution in [3.8, 4) is 11.5 Å². The minimum Gasteiger partial charge on any atom is -0.490 e. The van der Waals surface area contributed by atoms with E-state index in [0.29, 0.717) is 29.4 Å². The van der Waals surface area contributed by atoms with Gasteiger partial charge in [0.25, 0.3) is 5.91 Å². The fourth-order valence-electron chi connectivity index (χ4n) is 2.13. The molecule has 1 amide bonds. The van der Waals surface area contributed by atoms with Crippen molar-refractivity contribution in [3.63, 3.8) is 0 Å². The molecule has 2 rings (SSSR count). The molecule has 0 spiro atoms. The predicted molar refractivity (Wildman–Crippen MR) is 92.8 cm³/mol. The first kappa shape index (κ1) is 17.5. The lowest BCUT2D eigenvalue weighted by Gasteiger charge is -2.17. The van der Waals surface area contributed by atoms with Gasteiger partial charge in [-0.2, -0.15) is 0 Å². The topological polar surface area (TPSA) is 64.6 Å². The van der Waals surface area contributed by atoms with Crippen LogP contribution in [0.15, 0.2) is 48.5 Å². The van der Waals surface area contributed by atoms with Crippen molar-refractivity contribution in [1.82, 2.24) is 0 Å². The van der Waals surface area contributed by atoms with E-state index in [-0.39, 0.29) is 11.7 Å². The lowest BCUT2D eigenvalue weighted by Crippen LogP contribution is -2.30. The minimum atomic E-state index is -0.715. The summed E-state index contributed by atoms with van der Waals surface area (Å²) < 4.78 is 11.2. The first-order valence-electron chi connectivity index (χ1n) is 7.81. The Hall–Kier alpha value is -2.82. The van der Waals surface area contributed by atoms with Gasteiger partial charge in [-0.05, 0) is 45.0 Å². The average Bonchev–Trinajstić information content (AvgIpc) is 2.57. The number of nitrogens with one attached hydrogen (secondary N) is 1. The smallest absolute Gasteiger partial charge is 0.265 e. The first-order chi connectivity index (χ1) is 11.5. The van der Waals surface area contributed by atoms with E-state index in [0.717, 1.165) is 0 Å². The van der Waals surface area contributed by atoms with Crippen molar-refractivity contribution in [2.75, 3.05) is 11.9 Å². The van der Waals surface area contributed by atoms with Gasteiger partial charge in [0.2, 0.25) is 0 Å². The number of amides is 1. The van der Waals surface area contributed by atoms with E-state index in [4.69, 9.17) is 9.47 Å². The zero-order valence-corrected chi connectivity index (χ0v) is 14.0. The molecule has 1 N–H and O–H groups in total. The molecule has 0 aliphatic carbocycles. The zero-order chi connectivity index (χ0) is 17.5. The van der Waals surface area contributed by atoms with Gasteiger partial charge >= 0.3 is 0 Å². The number of benzene rings is 2. The molecule has 0 heterocycles. The maximum atomic E-state index is 12.3. The number of para-hydroxylation sites is 2. The van der Waals surface area contributed by atoms with Crippen LogP contribution in [0.5, 0.6) is 11.5 Å².